The molecule has 0 radical (unpaired) electrons. The maximum absolute atomic E-state index is 12.0. The van der Waals surface area contributed by atoms with Gasteiger partial charge in [-0.1, -0.05) is 4.52 Å². The van der Waals surface area contributed by atoms with Crippen LogP contribution in [-0.4, -0.2) is 54.5 Å². The Morgan fingerprint density at radius 3 is 2.67 bits per heavy atom. The Morgan fingerprint density at radius 2 is 2.07 bits per heavy atom. The number of anilines is 1. The molecule has 30 heavy (non-hydrogen) atoms. The molecule has 1 fully saturated rings. The highest BCUT2D eigenvalue weighted by atomic mass is 31.2. The van der Waals surface area contributed by atoms with E-state index in [9.17, 15) is 33.9 Å². The monoisotopic (exact) mass is 466 g/mol. The zero-order valence-corrected chi connectivity index (χ0v) is 16.8. The molecule has 3 heterocycles. The third-order valence-corrected chi connectivity index (χ3v) is 5.97. The number of hydrogen-bond acceptors (Lipinski definition) is 11. The van der Waals surface area contributed by atoms with E-state index >= 15 is 0 Å². The van der Waals surface area contributed by atoms with Crippen molar-refractivity contribution >= 4 is 21.7 Å². The molecule has 6 atom stereocenters. The fourth-order valence-corrected chi connectivity index (χ4v) is 4.47. The fourth-order valence-electron chi connectivity index (χ4n) is 2.67. The highest BCUT2D eigenvalue weighted by molar-refractivity contribution is 7.52. The molecule has 14 nitrogen and oxygen atoms in total. The SMILES string of the molecule is Nc1ccn([C@@H]2O[C@H](CO[P+](=O)O[C@H](c3ccco3)P(=O)(O)O)[C@@H](O)[C@H]2O)c(=O)n1. The lowest BCUT2D eigenvalue weighted by Gasteiger charge is -2.16. The lowest BCUT2D eigenvalue weighted by atomic mass is 10.1. The molecular weight excluding hydrogens is 448 g/mol. The Kier molecular flexibility index (Phi) is 6.82. The molecule has 1 aliphatic heterocycles. The van der Waals surface area contributed by atoms with E-state index in [0.29, 0.717) is 0 Å². The van der Waals surface area contributed by atoms with Crippen molar-refractivity contribution in [1.29, 1.82) is 0 Å². The molecule has 1 saturated heterocycles. The molecule has 0 saturated carbocycles. The standard InChI is InChI=1S/C14H17N3O11P2/c15-9-3-4-17(14(20)16-9)12-11(19)10(18)8(27-12)6-26-29(21)28-13(30(22,23)24)7-2-1-5-25-7/h1-5,8,10-13,18-19H,6H2,(H3-,15,16,20,22,23,24)/p+1/t8-,10-,11-,12-,13+/m1/s1. The predicted molar refractivity (Wildman–Crippen MR) is 97.0 cm³/mol. The summed E-state index contributed by atoms with van der Waals surface area (Å²) in [5.74, 6) is -2.28. The zero-order valence-electron chi connectivity index (χ0n) is 15.0. The molecule has 0 aromatic carbocycles. The van der Waals surface area contributed by atoms with Crippen LogP contribution in [0.1, 0.15) is 17.8 Å². The lowest BCUT2D eigenvalue weighted by molar-refractivity contribution is -0.0524. The van der Waals surface area contributed by atoms with Gasteiger partial charge in [0.05, 0.1) is 6.26 Å². The van der Waals surface area contributed by atoms with Crippen molar-refractivity contribution in [3.05, 3.63) is 46.9 Å². The maximum atomic E-state index is 12.0. The minimum absolute atomic E-state index is 0.0468. The normalized spacial score (nSPS) is 25.9. The summed E-state index contributed by atoms with van der Waals surface area (Å²) >= 11 is 0. The van der Waals surface area contributed by atoms with Gasteiger partial charge in [-0.15, -0.1) is 4.52 Å². The largest absolute Gasteiger partial charge is 0.698 e. The molecule has 0 aliphatic carbocycles. The van der Waals surface area contributed by atoms with Crippen LogP contribution in [0.5, 0.6) is 0 Å². The third-order valence-electron chi connectivity index (χ3n) is 4.09. The molecule has 3 rings (SSSR count). The number of nitrogens with two attached hydrogens (primary N) is 1. The molecule has 16 heteroatoms. The van der Waals surface area contributed by atoms with E-state index in [0.717, 1.165) is 10.8 Å². The summed E-state index contributed by atoms with van der Waals surface area (Å²) in [5, 5.41) is 20.3. The van der Waals surface area contributed by atoms with Crippen LogP contribution in [-0.2, 0) is 22.9 Å². The van der Waals surface area contributed by atoms with Crippen molar-refractivity contribution < 1.29 is 47.3 Å². The fraction of sp³-hybridized carbons (Fsp3) is 0.429. The van der Waals surface area contributed by atoms with Crippen LogP contribution in [0.4, 0.5) is 5.82 Å². The topological polar surface area (TPSA) is 217 Å². The first-order chi connectivity index (χ1) is 14.1. The summed E-state index contributed by atoms with van der Waals surface area (Å²) in [6, 6.07) is 3.86. The lowest BCUT2D eigenvalue weighted by Crippen LogP contribution is -2.36. The number of rotatable bonds is 8. The Morgan fingerprint density at radius 1 is 1.33 bits per heavy atom. The van der Waals surface area contributed by atoms with Crippen LogP contribution in [0, 0.1) is 0 Å². The highest BCUT2D eigenvalue weighted by Crippen LogP contribution is 2.56. The van der Waals surface area contributed by atoms with Gasteiger partial charge in [0.15, 0.2) is 6.23 Å². The molecule has 0 bridgehead atoms. The van der Waals surface area contributed by atoms with E-state index in [1.165, 1.54) is 24.4 Å². The summed E-state index contributed by atoms with van der Waals surface area (Å²) in [6.07, 6.45) is -3.29. The second-order valence-electron chi connectivity index (χ2n) is 6.17. The highest BCUT2D eigenvalue weighted by Gasteiger charge is 2.47. The average Bonchev–Trinajstić information content (AvgIpc) is 3.27. The Hall–Kier alpha value is -1.99. The van der Waals surface area contributed by atoms with Crippen molar-refractivity contribution in [2.75, 3.05) is 12.3 Å². The second-order valence-corrected chi connectivity index (χ2v) is 8.73. The number of aliphatic hydroxyl groups is 2. The van der Waals surface area contributed by atoms with E-state index < -0.39 is 58.5 Å². The molecular formula is C14H18N3O11P2+. The Balaban J connectivity index is 1.63. The van der Waals surface area contributed by atoms with Gasteiger partial charge in [0.1, 0.15) is 36.5 Å². The maximum Gasteiger partial charge on any atom is 0.698 e. The summed E-state index contributed by atoms with van der Waals surface area (Å²) in [4.78, 5) is 34.1. The molecule has 1 unspecified atom stereocenters. The number of nitrogens with zero attached hydrogens (tertiary/aromatic N) is 2. The Bertz CT molecular complexity index is 991. The van der Waals surface area contributed by atoms with Gasteiger partial charge < -0.3 is 34.9 Å². The minimum Gasteiger partial charge on any atom is -0.466 e. The zero-order chi connectivity index (χ0) is 22.1. The van der Waals surface area contributed by atoms with Crippen LogP contribution in [0.2, 0.25) is 0 Å². The van der Waals surface area contributed by atoms with Crippen LogP contribution in [0.3, 0.4) is 0 Å². The second kappa shape index (κ2) is 9.02. The molecule has 164 valence electrons. The van der Waals surface area contributed by atoms with Crippen LogP contribution in [0.15, 0.2) is 39.9 Å². The first-order valence-corrected chi connectivity index (χ1v) is 11.1. The quantitative estimate of drug-likeness (QED) is 0.313. The van der Waals surface area contributed by atoms with Crippen molar-refractivity contribution in [2.45, 2.75) is 30.4 Å². The predicted octanol–water partition coefficient (Wildman–Crippen LogP) is -0.395. The first kappa shape index (κ1) is 22.7. The van der Waals surface area contributed by atoms with Crippen molar-refractivity contribution in [3.63, 3.8) is 0 Å². The van der Waals surface area contributed by atoms with Gasteiger partial charge in [-0.25, -0.2) is 4.79 Å². The summed E-state index contributed by atoms with van der Waals surface area (Å²) < 4.78 is 44.4. The molecule has 1 aliphatic rings. The minimum atomic E-state index is -4.90. The molecule has 6 N–H and O–H groups in total. The van der Waals surface area contributed by atoms with Crippen LogP contribution < -0.4 is 11.4 Å². The summed E-state index contributed by atoms with van der Waals surface area (Å²) in [7, 11) is -7.99. The number of nitrogen functional groups attached to an aromatic ring is 1. The van der Waals surface area contributed by atoms with Crippen LogP contribution in [0.25, 0.3) is 0 Å². The number of furan rings is 1. The molecule has 0 spiro atoms. The molecule has 0 amide bonds. The van der Waals surface area contributed by atoms with E-state index in [4.69, 9.17) is 23.9 Å². The number of ether oxygens (including phenoxy) is 1. The van der Waals surface area contributed by atoms with E-state index in [-0.39, 0.29) is 11.6 Å². The van der Waals surface area contributed by atoms with E-state index in [1.54, 1.807) is 0 Å². The van der Waals surface area contributed by atoms with Gasteiger partial charge in [0.25, 0.3) is 5.85 Å². The summed E-state index contributed by atoms with van der Waals surface area (Å²) in [5.41, 5.74) is 4.57. The third kappa shape index (κ3) is 5.01. The van der Waals surface area contributed by atoms with Crippen molar-refractivity contribution in [3.8, 4) is 0 Å². The van der Waals surface area contributed by atoms with Crippen molar-refractivity contribution in [1.82, 2.24) is 9.55 Å². The van der Waals surface area contributed by atoms with Gasteiger partial charge in [0, 0.05) is 10.8 Å². The van der Waals surface area contributed by atoms with Gasteiger partial charge in [0.2, 0.25) is 0 Å². The Labute approximate surface area is 168 Å². The van der Waals surface area contributed by atoms with Crippen LogP contribution >= 0.6 is 15.9 Å². The van der Waals surface area contributed by atoms with Gasteiger partial charge in [-0.05, 0) is 18.2 Å². The summed E-state index contributed by atoms with van der Waals surface area (Å²) in [6.45, 7) is -0.590. The number of aromatic nitrogens is 2. The van der Waals surface area contributed by atoms with E-state index in [2.05, 4.69) is 4.98 Å². The van der Waals surface area contributed by atoms with Gasteiger partial charge in [-0.2, -0.15) is 4.98 Å². The molecule has 2 aromatic rings. The average molecular weight is 466 g/mol. The first-order valence-electron chi connectivity index (χ1n) is 8.29. The smallest absolute Gasteiger partial charge is 0.466 e. The molecule has 2 aromatic heterocycles. The number of hydrogen-bond donors (Lipinski definition) is 5. The van der Waals surface area contributed by atoms with E-state index in [1.807, 2.05) is 0 Å². The van der Waals surface area contributed by atoms with Gasteiger partial charge in [-0.3, -0.25) is 9.13 Å². The number of aliphatic hydroxyl groups excluding tert-OH is 2. The van der Waals surface area contributed by atoms with Crippen molar-refractivity contribution in [2.24, 2.45) is 0 Å². The van der Waals surface area contributed by atoms with Gasteiger partial charge >= 0.3 is 21.5 Å².